The molecule has 4 nitrogen and oxygen atoms in total. The van der Waals surface area contributed by atoms with E-state index in [1.54, 1.807) is 0 Å². The number of benzene rings is 2. The first kappa shape index (κ1) is 21.2. The molecule has 0 spiro atoms. The predicted octanol–water partition coefficient (Wildman–Crippen LogP) is 3.87. The van der Waals surface area contributed by atoms with Gasteiger partial charge in [-0.3, -0.25) is 0 Å². The Balaban J connectivity index is 2.04. The van der Waals surface area contributed by atoms with Crippen LogP contribution < -0.4 is 9.47 Å². The van der Waals surface area contributed by atoms with E-state index in [4.69, 9.17) is 9.47 Å². The highest BCUT2D eigenvalue weighted by molar-refractivity contribution is 5.41. The Bertz CT molecular complexity index is 623. The lowest BCUT2D eigenvalue weighted by atomic mass is 9.78. The molecule has 27 heavy (non-hydrogen) atoms. The lowest BCUT2D eigenvalue weighted by Crippen LogP contribution is -2.20. The highest BCUT2D eigenvalue weighted by Crippen LogP contribution is 2.33. The fourth-order valence-electron chi connectivity index (χ4n) is 2.65. The molecule has 2 unspecified atom stereocenters. The van der Waals surface area contributed by atoms with Gasteiger partial charge in [0.25, 0.3) is 0 Å². The van der Waals surface area contributed by atoms with Gasteiger partial charge in [0.2, 0.25) is 0 Å². The Morgan fingerprint density at radius 3 is 1.59 bits per heavy atom. The Labute approximate surface area is 160 Å². The van der Waals surface area contributed by atoms with Crippen molar-refractivity contribution < 1.29 is 24.1 Å². The number of aliphatic hydroxyl groups excluding tert-OH is 2. The Kier molecular flexibility index (Phi) is 7.63. The SMILES string of the molecule is CCC(O)COc1ccc(C(C)(C)c2ccc(OCC(O)CF)cc2)cc1. The number of aliphatic hydroxyl groups is 2. The molecule has 0 radical (unpaired) electrons. The van der Waals surface area contributed by atoms with E-state index in [9.17, 15) is 14.6 Å². The fourth-order valence-corrected chi connectivity index (χ4v) is 2.65. The third-order valence-electron chi connectivity index (χ3n) is 4.69. The van der Waals surface area contributed by atoms with Crippen LogP contribution in [0.15, 0.2) is 48.5 Å². The van der Waals surface area contributed by atoms with E-state index in [-0.39, 0.29) is 18.6 Å². The van der Waals surface area contributed by atoms with E-state index in [0.717, 1.165) is 16.9 Å². The third-order valence-corrected chi connectivity index (χ3v) is 4.69. The van der Waals surface area contributed by atoms with Crippen LogP contribution in [-0.4, -0.2) is 42.3 Å². The van der Waals surface area contributed by atoms with E-state index in [2.05, 4.69) is 13.8 Å². The maximum absolute atomic E-state index is 12.3. The minimum Gasteiger partial charge on any atom is -0.491 e. The predicted molar refractivity (Wildman–Crippen MR) is 104 cm³/mol. The molecule has 2 rings (SSSR count). The minimum absolute atomic E-state index is 0.0621. The van der Waals surface area contributed by atoms with Crippen LogP contribution in [0.25, 0.3) is 0 Å². The second kappa shape index (κ2) is 9.72. The molecule has 0 aromatic heterocycles. The average molecular weight is 376 g/mol. The van der Waals surface area contributed by atoms with Crippen molar-refractivity contribution in [2.75, 3.05) is 19.9 Å². The second-order valence-electron chi connectivity index (χ2n) is 7.17. The van der Waals surface area contributed by atoms with E-state index in [0.29, 0.717) is 12.2 Å². The van der Waals surface area contributed by atoms with Gasteiger partial charge >= 0.3 is 0 Å². The molecule has 2 N–H and O–H groups in total. The maximum Gasteiger partial charge on any atom is 0.119 e. The molecule has 148 valence electrons. The number of alkyl halides is 1. The van der Waals surface area contributed by atoms with Crippen molar-refractivity contribution in [1.29, 1.82) is 0 Å². The van der Waals surface area contributed by atoms with Gasteiger partial charge < -0.3 is 19.7 Å². The van der Waals surface area contributed by atoms with E-state index in [1.807, 2.05) is 55.5 Å². The monoisotopic (exact) mass is 376 g/mol. The molecule has 0 saturated carbocycles. The smallest absolute Gasteiger partial charge is 0.119 e. The zero-order valence-electron chi connectivity index (χ0n) is 16.2. The molecule has 0 aliphatic heterocycles. The van der Waals surface area contributed by atoms with Gasteiger partial charge in [-0.1, -0.05) is 45.0 Å². The number of hydrogen-bond acceptors (Lipinski definition) is 4. The lowest BCUT2D eigenvalue weighted by molar-refractivity contribution is 0.0842. The summed E-state index contributed by atoms with van der Waals surface area (Å²) >= 11 is 0. The largest absolute Gasteiger partial charge is 0.491 e. The van der Waals surface area contributed by atoms with Gasteiger partial charge in [0.05, 0.1) is 6.10 Å². The van der Waals surface area contributed by atoms with Crippen LogP contribution in [0, 0.1) is 0 Å². The summed E-state index contributed by atoms with van der Waals surface area (Å²) in [6.45, 7) is 5.59. The summed E-state index contributed by atoms with van der Waals surface area (Å²) in [6, 6.07) is 15.5. The van der Waals surface area contributed by atoms with Gasteiger partial charge in [0.15, 0.2) is 0 Å². The third kappa shape index (κ3) is 5.94. The molecule has 2 aromatic carbocycles. The first-order chi connectivity index (χ1) is 12.9. The summed E-state index contributed by atoms with van der Waals surface area (Å²) in [5, 5.41) is 18.8. The number of halogens is 1. The molecule has 0 heterocycles. The minimum atomic E-state index is -1.10. The molecular weight excluding hydrogens is 347 g/mol. The zero-order valence-corrected chi connectivity index (χ0v) is 16.2. The van der Waals surface area contributed by atoms with Gasteiger partial charge in [0, 0.05) is 5.41 Å². The lowest BCUT2D eigenvalue weighted by Gasteiger charge is -2.26. The van der Waals surface area contributed by atoms with Crippen molar-refractivity contribution in [2.45, 2.75) is 44.8 Å². The van der Waals surface area contributed by atoms with Crippen LogP contribution >= 0.6 is 0 Å². The van der Waals surface area contributed by atoms with Crippen molar-refractivity contribution >= 4 is 0 Å². The number of hydrogen-bond donors (Lipinski definition) is 2. The highest BCUT2D eigenvalue weighted by atomic mass is 19.1. The van der Waals surface area contributed by atoms with E-state index >= 15 is 0 Å². The molecule has 0 aliphatic carbocycles. The topological polar surface area (TPSA) is 58.9 Å². The summed E-state index contributed by atoms with van der Waals surface area (Å²) in [5.74, 6) is 1.33. The average Bonchev–Trinajstić information content (AvgIpc) is 2.70. The van der Waals surface area contributed by atoms with Crippen molar-refractivity contribution in [2.24, 2.45) is 0 Å². The van der Waals surface area contributed by atoms with Crippen molar-refractivity contribution in [3.8, 4) is 11.5 Å². The molecule has 0 saturated heterocycles. The highest BCUT2D eigenvalue weighted by Gasteiger charge is 2.23. The summed E-state index contributed by atoms with van der Waals surface area (Å²) in [4.78, 5) is 0. The molecule has 5 heteroatoms. The maximum atomic E-state index is 12.3. The van der Waals surface area contributed by atoms with E-state index < -0.39 is 18.9 Å². The fraction of sp³-hybridized carbons (Fsp3) is 0.455. The van der Waals surface area contributed by atoms with Gasteiger partial charge in [-0.05, 0) is 41.8 Å². The summed E-state index contributed by atoms with van der Waals surface area (Å²) in [5.41, 5.74) is 2.02. The summed E-state index contributed by atoms with van der Waals surface area (Å²) in [6.07, 6.45) is -0.884. The molecule has 0 aliphatic rings. The molecule has 2 aromatic rings. The Morgan fingerprint density at radius 1 is 0.815 bits per heavy atom. The van der Waals surface area contributed by atoms with Crippen LogP contribution in [0.5, 0.6) is 11.5 Å². The standard InChI is InChI=1S/C22H29FO4/c1-4-18(24)14-26-20-9-5-16(6-10-20)22(2,3)17-7-11-21(12-8-17)27-15-19(25)13-23/h5-12,18-19,24-25H,4,13-15H2,1-3H3. The summed E-state index contributed by atoms with van der Waals surface area (Å²) in [7, 11) is 0. The number of rotatable bonds is 10. The van der Waals surface area contributed by atoms with Crippen LogP contribution in [-0.2, 0) is 5.41 Å². The van der Waals surface area contributed by atoms with Crippen LogP contribution in [0.3, 0.4) is 0 Å². The van der Waals surface area contributed by atoms with Crippen LogP contribution in [0.1, 0.15) is 38.3 Å². The Hall–Kier alpha value is -2.11. The number of ether oxygens (including phenoxy) is 2. The first-order valence-corrected chi connectivity index (χ1v) is 9.25. The van der Waals surface area contributed by atoms with Crippen molar-refractivity contribution in [1.82, 2.24) is 0 Å². The van der Waals surface area contributed by atoms with Crippen molar-refractivity contribution in [3.05, 3.63) is 59.7 Å². The van der Waals surface area contributed by atoms with Crippen LogP contribution in [0.4, 0.5) is 4.39 Å². The first-order valence-electron chi connectivity index (χ1n) is 9.25. The van der Waals surface area contributed by atoms with Crippen molar-refractivity contribution in [3.63, 3.8) is 0 Å². The molecule has 0 fully saturated rings. The van der Waals surface area contributed by atoms with E-state index in [1.165, 1.54) is 0 Å². The van der Waals surface area contributed by atoms with Gasteiger partial charge in [-0.15, -0.1) is 0 Å². The molecule has 2 atom stereocenters. The Morgan fingerprint density at radius 2 is 1.22 bits per heavy atom. The second-order valence-corrected chi connectivity index (χ2v) is 7.17. The van der Waals surface area contributed by atoms with Gasteiger partial charge in [-0.25, -0.2) is 4.39 Å². The normalized spacial score (nSPS) is 13.9. The van der Waals surface area contributed by atoms with Crippen LogP contribution in [0.2, 0.25) is 0 Å². The quantitative estimate of drug-likeness (QED) is 0.661. The summed E-state index contributed by atoms with van der Waals surface area (Å²) < 4.78 is 23.2. The molecular formula is C22H29FO4. The molecule has 0 amide bonds. The molecule has 0 bridgehead atoms. The zero-order chi connectivity index (χ0) is 19.9. The van der Waals surface area contributed by atoms with Gasteiger partial charge in [-0.2, -0.15) is 0 Å². The van der Waals surface area contributed by atoms with Gasteiger partial charge in [0.1, 0.15) is 37.5 Å².